The van der Waals surface area contributed by atoms with Crippen LogP contribution in [0.15, 0.2) is 47.0 Å². The minimum Gasteiger partial charge on any atom is -0.489 e. The zero-order chi connectivity index (χ0) is 24.0. The molecule has 0 radical (unpaired) electrons. The molecule has 2 heterocycles. The predicted octanol–water partition coefficient (Wildman–Crippen LogP) is 3.84. The third kappa shape index (κ3) is 3.69. The van der Waals surface area contributed by atoms with E-state index in [1.165, 1.54) is 24.3 Å². The van der Waals surface area contributed by atoms with Crippen molar-refractivity contribution in [3.63, 3.8) is 0 Å². The maximum atomic E-state index is 13.5. The van der Waals surface area contributed by atoms with Crippen molar-refractivity contribution in [2.24, 2.45) is 0 Å². The topological polar surface area (TPSA) is 89.7 Å². The Balaban J connectivity index is 1.37. The molecule has 0 N–H and O–H groups in total. The largest absolute Gasteiger partial charge is 0.489 e. The SMILES string of the molecule is Cc1noc(C)c1COc1ccc2c(c1)CN(CC1(c3ccc(F)cc3)CC(=O)CC1=O)C2=O. The molecule has 3 aromatic rings. The van der Waals surface area contributed by atoms with Gasteiger partial charge in [-0.25, -0.2) is 4.39 Å². The van der Waals surface area contributed by atoms with Crippen LogP contribution >= 0.6 is 0 Å². The standard InChI is InChI=1S/C26H23FN2O5/c1-15-23(16(2)34-28-15)13-33-21-7-8-22-17(9-21)12-29(25(22)32)14-26(11-20(30)10-24(26)31)18-3-5-19(27)6-4-18/h3-9H,10-14H2,1-2H3. The van der Waals surface area contributed by atoms with Crippen molar-refractivity contribution in [1.82, 2.24) is 10.1 Å². The van der Waals surface area contributed by atoms with Crippen LogP contribution in [0, 0.1) is 19.7 Å². The zero-order valence-electron chi connectivity index (χ0n) is 18.9. The summed E-state index contributed by atoms with van der Waals surface area (Å²) in [6.45, 7) is 4.32. The highest BCUT2D eigenvalue weighted by Gasteiger charge is 2.50. The molecule has 0 saturated heterocycles. The number of aromatic nitrogens is 1. The number of ether oxygens (including phenoxy) is 1. The molecule has 0 bridgehead atoms. The van der Waals surface area contributed by atoms with E-state index in [4.69, 9.17) is 9.26 Å². The first-order valence-electron chi connectivity index (χ1n) is 11.0. The van der Waals surface area contributed by atoms with Crippen LogP contribution in [0.5, 0.6) is 5.75 Å². The fraction of sp³-hybridized carbons (Fsp3) is 0.308. The van der Waals surface area contributed by atoms with E-state index in [1.807, 2.05) is 19.9 Å². The van der Waals surface area contributed by atoms with Crippen molar-refractivity contribution in [3.05, 3.63) is 82.0 Å². The number of fused-ring (bicyclic) bond motifs is 1. The lowest BCUT2D eigenvalue weighted by atomic mass is 9.77. The quantitative estimate of drug-likeness (QED) is 0.517. The molecule has 1 aliphatic carbocycles. The number of Topliss-reactive ketones (excluding diaryl/α,β-unsaturated/α-hetero) is 2. The molecule has 1 fully saturated rings. The molecule has 1 aromatic heterocycles. The zero-order valence-corrected chi connectivity index (χ0v) is 18.9. The van der Waals surface area contributed by atoms with Gasteiger partial charge in [0, 0.05) is 25.1 Å². The molecule has 2 aromatic carbocycles. The summed E-state index contributed by atoms with van der Waals surface area (Å²) in [6.07, 6.45) is -0.171. The molecule has 1 amide bonds. The van der Waals surface area contributed by atoms with Crippen LogP contribution in [-0.2, 0) is 28.2 Å². The second-order valence-corrected chi connectivity index (χ2v) is 8.98. The number of halogens is 1. The molecule has 7 nitrogen and oxygen atoms in total. The molecule has 1 unspecified atom stereocenters. The van der Waals surface area contributed by atoms with Crippen molar-refractivity contribution in [1.29, 1.82) is 0 Å². The highest BCUT2D eigenvalue weighted by Crippen LogP contribution is 2.39. The summed E-state index contributed by atoms with van der Waals surface area (Å²) in [6, 6.07) is 10.9. The fourth-order valence-corrected chi connectivity index (χ4v) is 4.88. The Morgan fingerprint density at radius 1 is 1.12 bits per heavy atom. The van der Waals surface area contributed by atoms with Gasteiger partial charge >= 0.3 is 0 Å². The molecule has 174 valence electrons. The second-order valence-electron chi connectivity index (χ2n) is 8.98. The van der Waals surface area contributed by atoms with Gasteiger partial charge in [-0.3, -0.25) is 14.4 Å². The second kappa shape index (κ2) is 8.20. The van der Waals surface area contributed by atoms with Gasteiger partial charge in [-0.15, -0.1) is 0 Å². The van der Waals surface area contributed by atoms with Crippen LogP contribution in [0.1, 0.15) is 51.3 Å². The molecule has 34 heavy (non-hydrogen) atoms. The van der Waals surface area contributed by atoms with Crippen molar-refractivity contribution in [2.45, 2.75) is 45.3 Å². The van der Waals surface area contributed by atoms with Crippen LogP contribution in [0.2, 0.25) is 0 Å². The van der Waals surface area contributed by atoms with Crippen molar-refractivity contribution in [3.8, 4) is 5.75 Å². The number of rotatable bonds is 6. The first-order valence-corrected chi connectivity index (χ1v) is 11.0. The van der Waals surface area contributed by atoms with Crippen LogP contribution in [0.3, 0.4) is 0 Å². The lowest BCUT2D eigenvalue weighted by Gasteiger charge is -2.32. The number of aryl methyl sites for hydroxylation is 2. The Labute approximate surface area is 195 Å². The maximum absolute atomic E-state index is 13.5. The summed E-state index contributed by atoms with van der Waals surface area (Å²) in [7, 11) is 0. The molecule has 1 aliphatic heterocycles. The van der Waals surface area contributed by atoms with Crippen LogP contribution in [0.25, 0.3) is 0 Å². The molecule has 1 atom stereocenters. The molecular weight excluding hydrogens is 439 g/mol. The number of hydrogen-bond acceptors (Lipinski definition) is 6. The normalized spacial score (nSPS) is 19.7. The fourth-order valence-electron chi connectivity index (χ4n) is 4.88. The molecule has 5 rings (SSSR count). The first kappa shape index (κ1) is 22.0. The van der Waals surface area contributed by atoms with Gasteiger partial charge in [-0.2, -0.15) is 0 Å². The van der Waals surface area contributed by atoms with E-state index in [-0.39, 0.29) is 36.9 Å². The minimum atomic E-state index is -1.16. The lowest BCUT2D eigenvalue weighted by molar-refractivity contribution is -0.123. The summed E-state index contributed by atoms with van der Waals surface area (Å²) in [4.78, 5) is 39.9. The summed E-state index contributed by atoms with van der Waals surface area (Å²) in [5.74, 6) is 0.255. The number of amides is 1. The number of ketones is 2. The summed E-state index contributed by atoms with van der Waals surface area (Å²) in [5.41, 5.74) is 2.36. The third-order valence-electron chi connectivity index (χ3n) is 6.77. The van der Waals surface area contributed by atoms with E-state index >= 15 is 0 Å². The maximum Gasteiger partial charge on any atom is 0.254 e. The number of hydrogen-bond donors (Lipinski definition) is 0. The van der Waals surface area contributed by atoms with E-state index in [0.717, 1.165) is 16.8 Å². The minimum absolute atomic E-state index is 0.00336. The van der Waals surface area contributed by atoms with Crippen LogP contribution in [-0.4, -0.2) is 34.1 Å². The van der Waals surface area contributed by atoms with E-state index in [9.17, 15) is 18.8 Å². The summed E-state index contributed by atoms with van der Waals surface area (Å²) >= 11 is 0. The van der Waals surface area contributed by atoms with E-state index < -0.39 is 11.2 Å². The van der Waals surface area contributed by atoms with Crippen LogP contribution in [0.4, 0.5) is 4.39 Å². The van der Waals surface area contributed by atoms with Crippen molar-refractivity contribution in [2.75, 3.05) is 6.54 Å². The molecular formula is C26H23FN2O5. The Kier molecular flexibility index (Phi) is 5.31. The number of carbonyl (C=O) groups is 3. The van der Waals surface area contributed by atoms with Gasteiger partial charge in [-0.05, 0) is 55.3 Å². The van der Waals surface area contributed by atoms with Gasteiger partial charge in [-0.1, -0.05) is 17.3 Å². The van der Waals surface area contributed by atoms with Gasteiger partial charge in [0.1, 0.15) is 29.7 Å². The first-order chi connectivity index (χ1) is 16.3. The smallest absolute Gasteiger partial charge is 0.254 e. The molecule has 1 saturated carbocycles. The predicted molar refractivity (Wildman–Crippen MR) is 119 cm³/mol. The third-order valence-corrected chi connectivity index (χ3v) is 6.77. The van der Waals surface area contributed by atoms with Gasteiger partial charge in [0.05, 0.1) is 23.1 Å². The van der Waals surface area contributed by atoms with E-state index in [1.54, 1.807) is 17.0 Å². The number of benzene rings is 2. The van der Waals surface area contributed by atoms with Crippen molar-refractivity contribution < 1.29 is 28.0 Å². The van der Waals surface area contributed by atoms with Gasteiger partial charge in [0.25, 0.3) is 5.91 Å². The van der Waals surface area contributed by atoms with Gasteiger partial charge in [0.15, 0.2) is 5.78 Å². The molecule has 8 heteroatoms. The highest BCUT2D eigenvalue weighted by atomic mass is 19.1. The summed E-state index contributed by atoms with van der Waals surface area (Å²) < 4.78 is 24.6. The summed E-state index contributed by atoms with van der Waals surface area (Å²) in [5, 5.41) is 3.92. The Bertz CT molecular complexity index is 1290. The monoisotopic (exact) mass is 462 g/mol. The number of carbonyl (C=O) groups excluding carboxylic acids is 3. The van der Waals surface area contributed by atoms with Crippen molar-refractivity contribution >= 4 is 17.5 Å². The van der Waals surface area contributed by atoms with E-state index in [0.29, 0.717) is 35.8 Å². The molecule has 0 spiro atoms. The Morgan fingerprint density at radius 2 is 1.88 bits per heavy atom. The van der Waals surface area contributed by atoms with Crippen LogP contribution < -0.4 is 4.74 Å². The Morgan fingerprint density at radius 3 is 2.53 bits per heavy atom. The Hall–Kier alpha value is -3.81. The molecule has 2 aliphatic rings. The average molecular weight is 462 g/mol. The number of nitrogens with zero attached hydrogens (tertiary/aromatic N) is 2. The highest BCUT2D eigenvalue weighted by molar-refractivity contribution is 6.12. The van der Waals surface area contributed by atoms with Gasteiger partial charge in [0.2, 0.25) is 0 Å². The van der Waals surface area contributed by atoms with Gasteiger partial charge < -0.3 is 14.2 Å². The average Bonchev–Trinajstić information content (AvgIpc) is 3.40. The lowest BCUT2D eigenvalue weighted by Crippen LogP contribution is -2.44. The van der Waals surface area contributed by atoms with E-state index in [2.05, 4.69) is 5.16 Å².